The highest BCUT2D eigenvalue weighted by atomic mass is 19.1. The number of ether oxygens (including phenoxy) is 1. The maximum Gasteiger partial charge on any atom is 0.257 e. The highest BCUT2D eigenvalue weighted by Crippen LogP contribution is 2.12. The second-order valence-corrected chi connectivity index (χ2v) is 4.59. The normalized spacial score (nSPS) is 10.1. The lowest BCUT2D eigenvalue weighted by molar-refractivity contribution is -0.123. The van der Waals surface area contributed by atoms with E-state index in [0.717, 1.165) is 5.56 Å². The molecule has 2 rings (SSSR count). The average Bonchev–Trinajstić information content (AvgIpc) is 2.47. The van der Waals surface area contributed by atoms with Crippen molar-refractivity contribution in [1.82, 2.24) is 5.32 Å². The van der Waals surface area contributed by atoms with Crippen molar-refractivity contribution in [2.45, 2.75) is 6.42 Å². The van der Waals surface area contributed by atoms with Gasteiger partial charge in [0, 0.05) is 12.2 Å². The van der Waals surface area contributed by atoms with Crippen LogP contribution in [-0.2, 0) is 11.2 Å². The number of carbonyl (C=O) groups excluding carboxylic acids is 1. The highest BCUT2D eigenvalue weighted by Gasteiger charge is 2.03. The zero-order valence-electron chi connectivity index (χ0n) is 11.5. The van der Waals surface area contributed by atoms with E-state index in [1.807, 2.05) is 6.07 Å². The Balaban J connectivity index is 1.69. The van der Waals surface area contributed by atoms with Crippen LogP contribution in [-0.4, -0.2) is 19.1 Å². The summed E-state index contributed by atoms with van der Waals surface area (Å²) in [6.07, 6.45) is 0.575. The van der Waals surface area contributed by atoms with Crippen molar-refractivity contribution in [1.29, 1.82) is 0 Å². The first kappa shape index (κ1) is 14.8. The lowest BCUT2D eigenvalue weighted by Gasteiger charge is -2.08. The first-order chi connectivity index (χ1) is 10.1. The second kappa shape index (κ2) is 7.28. The molecule has 0 heterocycles. The fraction of sp³-hybridized carbons (Fsp3) is 0.188. The summed E-state index contributed by atoms with van der Waals surface area (Å²) in [6.45, 7) is 0.375. The van der Waals surface area contributed by atoms with Crippen LogP contribution in [0.4, 0.5) is 10.1 Å². The van der Waals surface area contributed by atoms with Gasteiger partial charge in [-0.1, -0.05) is 12.1 Å². The van der Waals surface area contributed by atoms with Crippen molar-refractivity contribution in [2.75, 3.05) is 18.9 Å². The molecule has 0 spiro atoms. The number of hydrogen-bond acceptors (Lipinski definition) is 3. The van der Waals surface area contributed by atoms with Crippen LogP contribution in [0.25, 0.3) is 0 Å². The molecule has 3 N–H and O–H groups in total. The van der Waals surface area contributed by atoms with Crippen LogP contribution in [0.2, 0.25) is 0 Å². The Morgan fingerprint density at radius 2 is 1.95 bits per heavy atom. The molecule has 110 valence electrons. The van der Waals surface area contributed by atoms with Gasteiger partial charge in [-0.15, -0.1) is 0 Å². The summed E-state index contributed by atoms with van der Waals surface area (Å²) in [4.78, 5) is 11.6. The summed E-state index contributed by atoms with van der Waals surface area (Å²) in [5, 5.41) is 2.72. The lowest BCUT2D eigenvalue weighted by atomic mass is 10.1. The van der Waals surface area contributed by atoms with Crippen LogP contribution in [0.15, 0.2) is 48.5 Å². The summed E-state index contributed by atoms with van der Waals surface area (Å²) < 4.78 is 18.3. The number of nitrogens with two attached hydrogens (primary N) is 1. The summed E-state index contributed by atoms with van der Waals surface area (Å²) in [5.41, 5.74) is 7.04. The molecule has 0 unspecified atom stereocenters. The molecular formula is C16H17FN2O2. The van der Waals surface area contributed by atoms with Crippen LogP contribution < -0.4 is 15.8 Å². The van der Waals surface area contributed by atoms with Gasteiger partial charge in [-0.25, -0.2) is 4.39 Å². The molecule has 0 aliphatic rings. The van der Waals surface area contributed by atoms with Crippen LogP contribution >= 0.6 is 0 Å². The van der Waals surface area contributed by atoms with E-state index in [9.17, 15) is 9.18 Å². The molecule has 2 aromatic carbocycles. The smallest absolute Gasteiger partial charge is 0.257 e. The van der Waals surface area contributed by atoms with Crippen molar-refractivity contribution >= 4 is 11.6 Å². The van der Waals surface area contributed by atoms with E-state index in [1.165, 1.54) is 12.1 Å². The third-order valence-electron chi connectivity index (χ3n) is 2.87. The first-order valence-corrected chi connectivity index (χ1v) is 6.63. The van der Waals surface area contributed by atoms with Gasteiger partial charge in [-0.05, 0) is 48.4 Å². The molecule has 0 aliphatic carbocycles. The van der Waals surface area contributed by atoms with Gasteiger partial charge in [-0.2, -0.15) is 0 Å². The predicted octanol–water partition coefficient (Wildman–Crippen LogP) is 2.15. The van der Waals surface area contributed by atoms with Crippen molar-refractivity contribution in [2.24, 2.45) is 0 Å². The van der Waals surface area contributed by atoms with Gasteiger partial charge in [0.2, 0.25) is 0 Å². The molecule has 21 heavy (non-hydrogen) atoms. The highest BCUT2D eigenvalue weighted by molar-refractivity contribution is 5.77. The molecule has 0 atom stereocenters. The quantitative estimate of drug-likeness (QED) is 0.800. The molecular weight excluding hydrogens is 271 g/mol. The van der Waals surface area contributed by atoms with Gasteiger partial charge < -0.3 is 15.8 Å². The Morgan fingerprint density at radius 1 is 1.19 bits per heavy atom. The Hall–Kier alpha value is -2.56. The van der Waals surface area contributed by atoms with Crippen molar-refractivity contribution < 1.29 is 13.9 Å². The summed E-state index contributed by atoms with van der Waals surface area (Å²) in [6, 6.07) is 13.1. The molecule has 0 aliphatic heterocycles. The molecule has 2 aromatic rings. The van der Waals surface area contributed by atoms with Crippen LogP contribution in [0.3, 0.4) is 0 Å². The van der Waals surface area contributed by atoms with E-state index in [4.69, 9.17) is 10.5 Å². The van der Waals surface area contributed by atoms with Gasteiger partial charge in [0.05, 0.1) is 0 Å². The summed E-state index contributed by atoms with van der Waals surface area (Å²) in [7, 11) is 0. The van der Waals surface area contributed by atoms with Crippen molar-refractivity contribution in [3.63, 3.8) is 0 Å². The molecule has 0 saturated carbocycles. The number of carbonyl (C=O) groups is 1. The minimum absolute atomic E-state index is 0.0624. The van der Waals surface area contributed by atoms with E-state index in [2.05, 4.69) is 5.32 Å². The van der Waals surface area contributed by atoms with E-state index < -0.39 is 0 Å². The number of rotatable bonds is 6. The average molecular weight is 288 g/mol. The predicted molar refractivity (Wildman–Crippen MR) is 79.5 cm³/mol. The Labute approximate surface area is 122 Å². The Morgan fingerprint density at radius 3 is 2.67 bits per heavy atom. The van der Waals surface area contributed by atoms with Gasteiger partial charge in [0.25, 0.3) is 5.91 Å². The number of amides is 1. The van der Waals surface area contributed by atoms with E-state index in [1.54, 1.807) is 30.3 Å². The molecule has 0 saturated heterocycles. The zero-order valence-corrected chi connectivity index (χ0v) is 11.5. The number of hydrogen-bond donors (Lipinski definition) is 2. The van der Waals surface area contributed by atoms with Gasteiger partial charge >= 0.3 is 0 Å². The van der Waals surface area contributed by atoms with Gasteiger partial charge in [0.15, 0.2) is 6.61 Å². The third-order valence-corrected chi connectivity index (χ3v) is 2.87. The minimum Gasteiger partial charge on any atom is -0.484 e. The fourth-order valence-electron chi connectivity index (χ4n) is 1.80. The van der Waals surface area contributed by atoms with E-state index >= 15 is 0 Å². The number of benzene rings is 2. The Kier molecular flexibility index (Phi) is 5.15. The van der Waals surface area contributed by atoms with Crippen molar-refractivity contribution in [3.8, 4) is 5.75 Å². The number of nitrogen functional groups attached to an aromatic ring is 1. The lowest BCUT2D eigenvalue weighted by Crippen LogP contribution is -2.30. The topological polar surface area (TPSA) is 64.3 Å². The van der Waals surface area contributed by atoms with E-state index in [-0.39, 0.29) is 18.3 Å². The van der Waals surface area contributed by atoms with E-state index in [0.29, 0.717) is 24.4 Å². The second-order valence-electron chi connectivity index (χ2n) is 4.59. The Bertz CT molecular complexity index is 599. The maximum atomic E-state index is 13.0. The molecule has 5 heteroatoms. The number of halogens is 1. The minimum atomic E-state index is -0.273. The number of nitrogens with one attached hydrogen (secondary N) is 1. The maximum absolute atomic E-state index is 13.0. The molecule has 4 nitrogen and oxygen atoms in total. The monoisotopic (exact) mass is 288 g/mol. The summed E-state index contributed by atoms with van der Waals surface area (Å²) in [5.74, 6) is 0.0956. The molecule has 0 fully saturated rings. The standard InChI is InChI=1S/C16H17FN2O2/c17-13-3-1-2-12(10-13)8-9-19-16(20)11-21-15-6-4-14(18)5-7-15/h1-7,10H,8-9,11,18H2,(H,19,20). The first-order valence-electron chi connectivity index (χ1n) is 6.63. The van der Waals surface area contributed by atoms with Crippen LogP contribution in [0, 0.1) is 5.82 Å². The largest absolute Gasteiger partial charge is 0.484 e. The molecule has 0 bridgehead atoms. The summed E-state index contributed by atoms with van der Waals surface area (Å²) >= 11 is 0. The van der Waals surface area contributed by atoms with Gasteiger partial charge in [0.1, 0.15) is 11.6 Å². The van der Waals surface area contributed by atoms with Gasteiger partial charge in [-0.3, -0.25) is 4.79 Å². The SMILES string of the molecule is Nc1ccc(OCC(=O)NCCc2cccc(F)c2)cc1. The zero-order chi connectivity index (χ0) is 15.1. The third kappa shape index (κ3) is 5.14. The van der Waals surface area contributed by atoms with Crippen molar-refractivity contribution in [3.05, 3.63) is 59.9 Å². The van der Waals surface area contributed by atoms with Crippen LogP contribution in [0.5, 0.6) is 5.75 Å². The molecule has 1 amide bonds. The van der Waals surface area contributed by atoms with Crippen LogP contribution in [0.1, 0.15) is 5.56 Å². The number of anilines is 1. The molecule has 0 radical (unpaired) electrons. The fourth-order valence-corrected chi connectivity index (χ4v) is 1.80. The molecule has 0 aromatic heterocycles.